The second kappa shape index (κ2) is 9.17. The molecule has 3 heteroatoms. The van der Waals surface area contributed by atoms with Crippen molar-refractivity contribution in [1.29, 1.82) is 0 Å². The van der Waals surface area contributed by atoms with E-state index in [1.807, 2.05) is 46.0 Å². The van der Waals surface area contributed by atoms with Crippen LogP contribution in [0.4, 0.5) is 0 Å². The third kappa shape index (κ3) is 4.02. The van der Waals surface area contributed by atoms with Crippen molar-refractivity contribution in [2.45, 2.75) is 52.8 Å². The van der Waals surface area contributed by atoms with Crippen LogP contribution in [-0.2, 0) is 12.8 Å². The summed E-state index contributed by atoms with van der Waals surface area (Å²) in [6.07, 6.45) is 3.75. The molecule has 1 unspecified atom stereocenters. The molecule has 0 amide bonds. The van der Waals surface area contributed by atoms with Gasteiger partial charge in [-0.3, -0.25) is 4.98 Å². The van der Waals surface area contributed by atoms with Gasteiger partial charge >= 0.3 is 0 Å². The van der Waals surface area contributed by atoms with Gasteiger partial charge in [-0.05, 0) is 48.1 Å². The number of aryl methyl sites for hydroxylation is 2. The van der Waals surface area contributed by atoms with Crippen molar-refractivity contribution in [2.75, 3.05) is 0 Å². The third-order valence-electron chi connectivity index (χ3n) is 3.45. The van der Waals surface area contributed by atoms with Gasteiger partial charge in [0.2, 0.25) is 0 Å². The van der Waals surface area contributed by atoms with Crippen LogP contribution in [0, 0.1) is 6.92 Å². The van der Waals surface area contributed by atoms with Gasteiger partial charge in [0.1, 0.15) is 5.38 Å². The van der Waals surface area contributed by atoms with Gasteiger partial charge in [-0.15, -0.1) is 11.6 Å². The summed E-state index contributed by atoms with van der Waals surface area (Å²) in [5, 5.41) is 0.611. The Kier molecular flexibility index (Phi) is 7.92. The Balaban J connectivity index is 0.000000561. The van der Waals surface area contributed by atoms with Gasteiger partial charge in [0.05, 0.1) is 5.69 Å². The molecule has 0 spiro atoms. The van der Waals surface area contributed by atoms with Crippen LogP contribution in [0.2, 0.25) is 5.02 Å². The van der Waals surface area contributed by atoms with Gasteiger partial charge in [0.15, 0.2) is 0 Å². The Morgan fingerprint density at radius 3 is 2.45 bits per heavy atom. The van der Waals surface area contributed by atoms with E-state index in [0.717, 1.165) is 34.7 Å². The van der Waals surface area contributed by atoms with E-state index in [1.54, 1.807) is 0 Å². The zero-order valence-corrected chi connectivity index (χ0v) is 15.6. The first-order valence-corrected chi connectivity index (χ1v) is 8.85. The number of rotatable bonds is 0. The molecule has 1 heterocycles. The third-order valence-corrected chi connectivity index (χ3v) is 4.25. The topological polar surface area (TPSA) is 12.9 Å². The molecule has 1 aromatic carbocycles. The maximum atomic E-state index is 6.59. The van der Waals surface area contributed by atoms with Crippen molar-refractivity contribution in [1.82, 2.24) is 4.98 Å². The molecular formula is C19H25Cl2N. The molecule has 0 aliphatic heterocycles. The number of pyridine rings is 1. The Morgan fingerprint density at radius 1 is 1.09 bits per heavy atom. The number of nitrogens with zero attached hydrogens (tertiary/aromatic N) is 1. The zero-order chi connectivity index (χ0) is 16.7. The number of hydrogen-bond donors (Lipinski definition) is 0. The number of alkyl halides is 1. The van der Waals surface area contributed by atoms with E-state index in [4.69, 9.17) is 23.2 Å². The van der Waals surface area contributed by atoms with Gasteiger partial charge in [-0.2, -0.15) is 0 Å². The molecule has 1 aromatic heterocycles. The number of aromatic nitrogens is 1. The minimum absolute atomic E-state index is 0.197. The van der Waals surface area contributed by atoms with Gasteiger partial charge in [-0.1, -0.05) is 57.5 Å². The Morgan fingerprint density at radius 2 is 1.77 bits per heavy atom. The highest BCUT2D eigenvalue weighted by Gasteiger charge is 2.24. The molecule has 1 atom stereocenters. The standard InChI is InChI=1S/C15H13Cl2N.2C2H6/c1-9-7-10-5-6-11-12(3-2-4-13(11)16)14(17)15(10)18-8-9;2*1-2/h2-4,7-8,14H,5-6H2,1H3;2*1-2H3. The van der Waals surface area contributed by atoms with Crippen LogP contribution in [0.3, 0.4) is 0 Å². The molecule has 3 rings (SSSR count). The van der Waals surface area contributed by atoms with Crippen LogP contribution in [0.1, 0.15) is 61.0 Å². The van der Waals surface area contributed by atoms with Gasteiger partial charge in [-0.25, -0.2) is 0 Å². The van der Waals surface area contributed by atoms with E-state index >= 15 is 0 Å². The number of benzene rings is 1. The molecule has 0 fully saturated rings. The molecule has 1 aliphatic carbocycles. The average molecular weight is 338 g/mol. The van der Waals surface area contributed by atoms with Crippen LogP contribution in [0.15, 0.2) is 30.5 Å². The van der Waals surface area contributed by atoms with Crippen LogP contribution < -0.4 is 0 Å². The Hall–Kier alpha value is -1.05. The predicted molar refractivity (Wildman–Crippen MR) is 98.2 cm³/mol. The fraction of sp³-hybridized carbons (Fsp3) is 0.421. The molecule has 120 valence electrons. The summed E-state index contributed by atoms with van der Waals surface area (Å²) in [7, 11) is 0. The van der Waals surface area contributed by atoms with Crippen molar-refractivity contribution < 1.29 is 0 Å². The minimum Gasteiger partial charge on any atom is -0.259 e. The number of hydrogen-bond acceptors (Lipinski definition) is 1. The van der Waals surface area contributed by atoms with Gasteiger partial charge < -0.3 is 0 Å². The summed E-state index contributed by atoms with van der Waals surface area (Å²) in [5.41, 5.74) is 5.65. The van der Waals surface area contributed by atoms with E-state index in [9.17, 15) is 0 Å². The SMILES string of the molecule is CC.CC.Cc1cnc2c(c1)CCc1c(Cl)cccc1C2Cl. The van der Waals surface area contributed by atoms with Crippen LogP contribution in [0.5, 0.6) is 0 Å². The zero-order valence-electron chi connectivity index (χ0n) is 14.1. The highest BCUT2D eigenvalue weighted by atomic mass is 35.5. The maximum absolute atomic E-state index is 6.59. The lowest BCUT2D eigenvalue weighted by Crippen LogP contribution is -2.00. The quantitative estimate of drug-likeness (QED) is 0.498. The van der Waals surface area contributed by atoms with Crippen molar-refractivity contribution in [2.24, 2.45) is 0 Å². The normalized spacial score (nSPS) is 15.1. The first kappa shape index (κ1) is 19.0. The first-order chi connectivity index (χ1) is 10.7. The molecule has 22 heavy (non-hydrogen) atoms. The Bertz CT molecular complexity index is 608. The van der Waals surface area contributed by atoms with E-state index in [2.05, 4.69) is 24.0 Å². The molecule has 1 nitrogen and oxygen atoms in total. The van der Waals surface area contributed by atoms with Crippen LogP contribution in [0.25, 0.3) is 0 Å². The number of halogens is 2. The molecule has 0 radical (unpaired) electrons. The lowest BCUT2D eigenvalue weighted by atomic mass is 10.0. The number of fused-ring (bicyclic) bond motifs is 2. The van der Waals surface area contributed by atoms with Crippen molar-refractivity contribution in [3.63, 3.8) is 0 Å². The smallest absolute Gasteiger partial charge is 0.101 e. The largest absolute Gasteiger partial charge is 0.259 e. The van der Waals surface area contributed by atoms with Gasteiger partial charge in [0.25, 0.3) is 0 Å². The average Bonchev–Trinajstić information content (AvgIpc) is 2.70. The fourth-order valence-corrected chi connectivity index (χ4v) is 3.23. The van der Waals surface area contributed by atoms with Crippen LogP contribution >= 0.6 is 23.2 Å². The second-order valence-electron chi connectivity index (χ2n) is 4.73. The highest BCUT2D eigenvalue weighted by molar-refractivity contribution is 6.31. The highest BCUT2D eigenvalue weighted by Crippen LogP contribution is 2.38. The lowest BCUT2D eigenvalue weighted by Gasteiger charge is -2.13. The molecule has 0 bridgehead atoms. The molecule has 0 saturated carbocycles. The second-order valence-corrected chi connectivity index (χ2v) is 5.57. The van der Waals surface area contributed by atoms with Crippen molar-refractivity contribution >= 4 is 23.2 Å². The molecule has 2 aromatic rings. The predicted octanol–water partition coefficient (Wildman–Crippen LogP) is 6.52. The summed E-state index contributed by atoms with van der Waals surface area (Å²) in [4.78, 5) is 4.51. The Labute approximate surface area is 144 Å². The molecular weight excluding hydrogens is 313 g/mol. The fourth-order valence-electron chi connectivity index (χ4n) is 2.55. The van der Waals surface area contributed by atoms with E-state index in [-0.39, 0.29) is 5.38 Å². The molecule has 0 N–H and O–H groups in total. The van der Waals surface area contributed by atoms with E-state index in [0.29, 0.717) is 0 Å². The molecule has 1 aliphatic rings. The van der Waals surface area contributed by atoms with E-state index < -0.39 is 0 Å². The summed E-state index contributed by atoms with van der Waals surface area (Å²) in [6, 6.07) is 8.11. The summed E-state index contributed by atoms with van der Waals surface area (Å²) < 4.78 is 0. The van der Waals surface area contributed by atoms with Crippen molar-refractivity contribution in [3.8, 4) is 0 Å². The summed E-state index contributed by atoms with van der Waals surface area (Å²) in [5.74, 6) is 0. The van der Waals surface area contributed by atoms with E-state index in [1.165, 1.54) is 11.1 Å². The monoisotopic (exact) mass is 337 g/mol. The molecule has 0 saturated heterocycles. The van der Waals surface area contributed by atoms with Gasteiger partial charge in [0, 0.05) is 11.2 Å². The first-order valence-electron chi connectivity index (χ1n) is 8.03. The van der Waals surface area contributed by atoms with Crippen LogP contribution in [-0.4, -0.2) is 4.98 Å². The minimum atomic E-state index is -0.197. The maximum Gasteiger partial charge on any atom is 0.101 e. The lowest BCUT2D eigenvalue weighted by molar-refractivity contribution is 0.944. The van der Waals surface area contributed by atoms with Crippen molar-refractivity contribution in [3.05, 3.63) is 63.4 Å². The summed E-state index contributed by atoms with van der Waals surface area (Å²) >= 11 is 12.9. The summed E-state index contributed by atoms with van der Waals surface area (Å²) in [6.45, 7) is 10.1.